The van der Waals surface area contributed by atoms with Crippen molar-refractivity contribution in [3.8, 4) is 0 Å². The Kier molecular flexibility index (Phi) is 5.04. The largest absolute Gasteiger partial charge is 0.389 e. The van der Waals surface area contributed by atoms with Crippen molar-refractivity contribution in [2.24, 2.45) is 0 Å². The SMILES string of the molecule is CC(O)(CNC(C)(C)C)Cc1ccc(C(C)(C)C)cc1. The summed E-state index contributed by atoms with van der Waals surface area (Å²) in [6.45, 7) is 15.5. The number of rotatable bonds is 4. The fraction of sp³-hybridized carbons (Fsp3) is 0.667. The molecular weight excluding hydrogens is 246 g/mol. The summed E-state index contributed by atoms with van der Waals surface area (Å²) < 4.78 is 0. The minimum absolute atomic E-state index is 0.0279. The molecule has 1 unspecified atom stereocenters. The maximum Gasteiger partial charge on any atom is 0.0783 e. The molecule has 0 aliphatic carbocycles. The van der Waals surface area contributed by atoms with E-state index in [0.717, 1.165) is 0 Å². The first kappa shape index (κ1) is 17.2. The van der Waals surface area contributed by atoms with Crippen LogP contribution in [-0.4, -0.2) is 22.8 Å². The van der Waals surface area contributed by atoms with Crippen LogP contribution in [0, 0.1) is 0 Å². The highest BCUT2D eigenvalue weighted by Crippen LogP contribution is 2.23. The Balaban J connectivity index is 2.68. The molecule has 0 bridgehead atoms. The van der Waals surface area contributed by atoms with E-state index in [1.165, 1.54) is 11.1 Å². The van der Waals surface area contributed by atoms with Gasteiger partial charge in [-0.2, -0.15) is 0 Å². The molecule has 114 valence electrons. The van der Waals surface area contributed by atoms with Crippen molar-refractivity contribution in [3.63, 3.8) is 0 Å². The van der Waals surface area contributed by atoms with E-state index in [9.17, 15) is 5.11 Å². The van der Waals surface area contributed by atoms with Gasteiger partial charge in [-0.25, -0.2) is 0 Å². The summed E-state index contributed by atoms with van der Waals surface area (Å²) in [5.41, 5.74) is 1.98. The number of aliphatic hydroxyl groups is 1. The van der Waals surface area contributed by atoms with Crippen molar-refractivity contribution in [2.45, 2.75) is 71.4 Å². The second-order valence-corrected chi connectivity index (χ2v) is 8.22. The highest BCUT2D eigenvalue weighted by Gasteiger charge is 2.23. The maximum absolute atomic E-state index is 10.5. The molecule has 0 aliphatic rings. The van der Waals surface area contributed by atoms with Crippen LogP contribution in [0.15, 0.2) is 24.3 Å². The molecule has 0 spiro atoms. The molecule has 0 fully saturated rings. The van der Waals surface area contributed by atoms with Gasteiger partial charge in [-0.15, -0.1) is 0 Å². The Bertz CT molecular complexity index is 418. The molecule has 1 aromatic rings. The molecule has 0 saturated heterocycles. The number of hydrogen-bond donors (Lipinski definition) is 2. The van der Waals surface area contributed by atoms with Gasteiger partial charge in [0.1, 0.15) is 0 Å². The summed E-state index contributed by atoms with van der Waals surface area (Å²) in [5, 5.41) is 13.9. The van der Waals surface area contributed by atoms with Gasteiger partial charge in [0.05, 0.1) is 5.60 Å². The highest BCUT2D eigenvalue weighted by molar-refractivity contribution is 5.28. The lowest BCUT2D eigenvalue weighted by Gasteiger charge is -2.29. The highest BCUT2D eigenvalue weighted by atomic mass is 16.3. The number of β-amino-alcohol motifs (C(OH)–C–C–N with tert-alkyl or cyclic N) is 1. The second kappa shape index (κ2) is 5.87. The minimum atomic E-state index is -0.726. The predicted octanol–water partition coefficient (Wildman–Crippen LogP) is 3.67. The zero-order valence-corrected chi connectivity index (χ0v) is 14.2. The van der Waals surface area contributed by atoms with Gasteiger partial charge in [0.15, 0.2) is 0 Å². The van der Waals surface area contributed by atoms with E-state index < -0.39 is 5.60 Å². The van der Waals surface area contributed by atoms with Gasteiger partial charge in [-0.1, -0.05) is 45.0 Å². The van der Waals surface area contributed by atoms with Crippen LogP contribution in [-0.2, 0) is 11.8 Å². The second-order valence-electron chi connectivity index (χ2n) is 8.22. The third kappa shape index (κ3) is 6.06. The zero-order valence-electron chi connectivity index (χ0n) is 14.2. The molecule has 0 heterocycles. The van der Waals surface area contributed by atoms with Crippen molar-refractivity contribution < 1.29 is 5.11 Å². The molecule has 2 N–H and O–H groups in total. The number of nitrogens with one attached hydrogen (secondary N) is 1. The Hall–Kier alpha value is -0.860. The van der Waals surface area contributed by atoms with E-state index >= 15 is 0 Å². The van der Waals surface area contributed by atoms with Gasteiger partial charge in [0, 0.05) is 18.5 Å². The summed E-state index contributed by atoms with van der Waals surface area (Å²) in [7, 11) is 0. The Labute approximate surface area is 124 Å². The van der Waals surface area contributed by atoms with E-state index in [-0.39, 0.29) is 11.0 Å². The average molecular weight is 277 g/mol. The van der Waals surface area contributed by atoms with Gasteiger partial charge in [0.25, 0.3) is 0 Å². The fourth-order valence-corrected chi connectivity index (χ4v) is 2.08. The van der Waals surface area contributed by atoms with E-state index in [1.54, 1.807) is 0 Å². The molecule has 1 aromatic carbocycles. The zero-order chi connectivity index (χ0) is 15.6. The van der Waals surface area contributed by atoms with E-state index in [1.807, 2.05) is 6.92 Å². The van der Waals surface area contributed by atoms with Gasteiger partial charge < -0.3 is 10.4 Å². The minimum Gasteiger partial charge on any atom is -0.389 e. The summed E-state index contributed by atoms with van der Waals surface area (Å²) in [6, 6.07) is 8.60. The number of benzene rings is 1. The molecule has 2 heteroatoms. The molecule has 1 atom stereocenters. The van der Waals surface area contributed by atoms with Crippen LogP contribution in [0.4, 0.5) is 0 Å². The summed E-state index contributed by atoms with van der Waals surface area (Å²) in [5.74, 6) is 0. The normalized spacial score (nSPS) is 16.0. The van der Waals surface area contributed by atoms with Crippen LogP contribution in [0.3, 0.4) is 0 Å². The standard InChI is InChI=1S/C18H31NO/c1-16(2,3)15-10-8-14(9-11-15)12-18(7,20)13-19-17(4,5)6/h8-11,19-20H,12-13H2,1-7H3. The van der Waals surface area contributed by atoms with E-state index in [2.05, 4.69) is 71.1 Å². The first-order valence-electron chi connectivity index (χ1n) is 7.46. The van der Waals surface area contributed by atoms with Crippen LogP contribution in [0.2, 0.25) is 0 Å². The van der Waals surface area contributed by atoms with Crippen LogP contribution in [0.25, 0.3) is 0 Å². The summed E-state index contributed by atoms with van der Waals surface area (Å²) in [4.78, 5) is 0. The molecule has 0 radical (unpaired) electrons. The van der Waals surface area contributed by atoms with Gasteiger partial charge in [0.2, 0.25) is 0 Å². The summed E-state index contributed by atoms with van der Waals surface area (Å²) in [6.07, 6.45) is 0.667. The quantitative estimate of drug-likeness (QED) is 0.880. The summed E-state index contributed by atoms with van der Waals surface area (Å²) >= 11 is 0. The van der Waals surface area contributed by atoms with Gasteiger partial charge in [-0.3, -0.25) is 0 Å². The van der Waals surface area contributed by atoms with Crippen molar-refractivity contribution in [2.75, 3.05) is 6.54 Å². The lowest BCUT2D eigenvalue weighted by molar-refractivity contribution is 0.0535. The van der Waals surface area contributed by atoms with Crippen LogP contribution >= 0.6 is 0 Å². The van der Waals surface area contributed by atoms with Crippen molar-refractivity contribution in [1.29, 1.82) is 0 Å². The molecule has 0 amide bonds. The van der Waals surface area contributed by atoms with Crippen LogP contribution < -0.4 is 5.32 Å². The van der Waals surface area contributed by atoms with Gasteiger partial charge in [-0.05, 0) is 44.2 Å². The van der Waals surface area contributed by atoms with E-state index in [4.69, 9.17) is 0 Å². The molecule has 0 aromatic heterocycles. The van der Waals surface area contributed by atoms with Crippen molar-refractivity contribution in [1.82, 2.24) is 5.32 Å². The Morgan fingerprint density at radius 3 is 1.80 bits per heavy atom. The van der Waals surface area contributed by atoms with Crippen LogP contribution in [0.1, 0.15) is 59.6 Å². The Morgan fingerprint density at radius 1 is 0.900 bits per heavy atom. The number of hydrogen-bond acceptors (Lipinski definition) is 2. The molecule has 1 rings (SSSR count). The maximum atomic E-state index is 10.5. The molecule has 20 heavy (non-hydrogen) atoms. The molecule has 2 nitrogen and oxygen atoms in total. The molecule has 0 aliphatic heterocycles. The predicted molar refractivity (Wildman–Crippen MR) is 87.2 cm³/mol. The lowest BCUT2D eigenvalue weighted by Crippen LogP contribution is -2.47. The van der Waals surface area contributed by atoms with E-state index in [0.29, 0.717) is 13.0 Å². The van der Waals surface area contributed by atoms with Crippen LogP contribution in [0.5, 0.6) is 0 Å². The smallest absolute Gasteiger partial charge is 0.0783 e. The molecule has 0 saturated carbocycles. The third-order valence-corrected chi connectivity index (χ3v) is 3.40. The lowest BCUT2D eigenvalue weighted by atomic mass is 9.85. The average Bonchev–Trinajstić information content (AvgIpc) is 2.25. The Morgan fingerprint density at radius 2 is 1.40 bits per heavy atom. The first-order chi connectivity index (χ1) is 8.89. The topological polar surface area (TPSA) is 32.3 Å². The van der Waals surface area contributed by atoms with Crippen molar-refractivity contribution >= 4 is 0 Å². The molecular formula is C18H31NO. The first-order valence-corrected chi connectivity index (χ1v) is 7.46. The van der Waals surface area contributed by atoms with Crippen molar-refractivity contribution in [3.05, 3.63) is 35.4 Å². The fourth-order valence-electron chi connectivity index (χ4n) is 2.08. The monoisotopic (exact) mass is 277 g/mol. The van der Waals surface area contributed by atoms with Gasteiger partial charge >= 0.3 is 0 Å². The third-order valence-electron chi connectivity index (χ3n) is 3.40.